The molecule has 4 nitrogen and oxygen atoms in total. The van der Waals surface area contributed by atoms with Crippen LogP contribution in [0.25, 0.3) is 6.08 Å². The third kappa shape index (κ3) is 3.45. The van der Waals surface area contributed by atoms with Gasteiger partial charge in [0.05, 0.1) is 6.26 Å². The van der Waals surface area contributed by atoms with Gasteiger partial charge in [-0.25, -0.2) is 0 Å². The van der Waals surface area contributed by atoms with Gasteiger partial charge < -0.3 is 10.2 Å². The van der Waals surface area contributed by atoms with Gasteiger partial charge in [0.15, 0.2) is 5.84 Å². The van der Waals surface area contributed by atoms with Crippen LogP contribution in [0.15, 0.2) is 69.4 Å². The molecule has 0 bridgehead atoms. The zero-order valence-electron chi connectivity index (χ0n) is 9.73. The summed E-state index contributed by atoms with van der Waals surface area (Å²) < 4.78 is 5.12. The van der Waals surface area contributed by atoms with Crippen molar-refractivity contribution in [3.05, 3.63) is 66.1 Å². The Balaban J connectivity index is 1.94. The zero-order valence-corrected chi connectivity index (χ0v) is 9.73. The summed E-state index contributed by atoms with van der Waals surface area (Å²) in [5.41, 5.74) is 6.62. The van der Waals surface area contributed by atoms with Gasteiger partial charge in [0.25, 0.3) is 0 Å². The molecule has 0 fully saturated rings. The predicted molar refractivity (Wildman–Crippen MR) is 73.4 cm³/mol. The third-order valence-electron chi connectivity index (χ3n) is 2.19. The summed E-state index contributed by atoms with van der Waals surface area (Å²) >= 11 is 0. The van der Waals surface area contributed by atoms with Crippen molar-refractivity contribution in [2.45, 2.75) is 0 Å². The fraction of sp³-hybridized carbons (Fsp3) is 0. The lowest BCUT2D eigenvalue weighted by Gasteiger charge is -1.95. The fourth-order valence-corrected chi connectivity index (χ4v) is 1.32. The first-order valence-corrected chi connectivity index (χ1v) is 5.48. The van der Waals surface area contributed by atoms with Crippen LogP contribution in [0.3, 0.4) is 0 Å². The highest BCUT2D eigenvalue weighted by atomic mass is 16.3. The second-order valence-electron chi connectivity index (χ2n) is 3.49. The SMILES string of the molecule is NC(=NN=C/C=C/c1ccco1)c1ccccc1. The van der Waals surface area contributed by atoms with Gasteiger partial charge in [-0.2, -0.15) is 5.10 Å². The van der Waals surface area contributed by atoms with Crippen molar-refractivity contribution in [1.29, 1.82) is 0 Å². The van der Waals surface area contributed by atoms with Crippen molar-refractivity contribution < 1.29 is 4.42 Å². The summed E-state index contributed by atoms with van der Waals surface area (Å²) in [5.74, 6) is 1.15. The van der Waals surface area contributed by atoms with Crippen LogP contribution in [0.5, 0.6) is 0 Å². The number of hydrogen-bond donors (Lipinski definition) is 1. The van der Waals surface area contributed by atoms with Gasteiger partial charge in [0, 0.05) is 11.8 Å². The van der Waals surface area contributed by atoms with E-state index in [9.17, 15) is 0 Å². The molecule has 0 amide bonds. The zero-order chi connectivity index (χ0) is 12.6. The molecule has 0 saturated heterocycles. The van der Waals surface area contributed by atoms with Crippen molar-refractivity contribution >= 4 is 18.1 Å². The van der Waals surface area contributed by atoms with E-state index in [0.717, 1.165) is 11.3 Å². The Morgan fingerprint density at radius 2 is 1.94 bits per heavy atom. The van der Waals surface area contributed by atoms with Crippen LogP contribution in [0, 0.1) is 0 Å². The fourth-order valence-electron chi connectivity index (χ4n) is 1.32. The average Bonchev–Trinajstić information content (AvgIpc) is 2.92. The number of nitrogens with two attached hydrogens (primary N) is 1. The van der Waals surface area contributed by atoms with Gasteiger partial charge in [-0.3, -0.25) is 0 Å². The van der Waals surface area contributed by atoms with E-state index in [1.807, 2.05) is 42.5 Å². The number of furan rings is 1. The molecule has 0 aliphatic carbocycles. The molecule has 2 N–H and O–H groups in total. The van der Waals surface area contributed by atoms with Crippen molar-refractivity contribution in [3.63, 3.8) is 0 Å². The topological polar surface area (TPSA) is 63.9 Å². The molecule has 0 radical (unpaired) electrons. The van der Waals surface area contributed by atoms with Crippen LogP contribution in [-0.2, 0) is 0 Å². The molecular formula is C14H13N3O. The summed E-state index contributed by atoms with van der Waals surface area (Å²) in [6.07, 6.45) is 6.69. The molecule has 4 heteroatoms. The summed E-state index contributed by atoms with van der Waals surface area (Å²) in [5, 5.41) is 7.75. The molecule has 2 aromatic rings. The van der Waals surface area contributed by atoms with Gasteiger partial charge in [0.2, 0.25) is 0 Å². The monoisotopic (exact) mass is 239 g/mol. The molecule has 18 heavy (non-hydrogen) atoms. The standard InChI is InChI=1S/C14H13N3O/c15-14(12-6-2-1-3-7-12)17-16-10-4-8-13-9-5-11-18-13/h1-11H,(H2,15,17)/b8-4+,16-10?. The van der Waals surface area contributed by atoms with Gasteiger partial charge in [-0.1, -0.05) is 30.3 Å². The highest BCUT2D eigenvalue weighted by Gasteiger charge is 1.93. The van der Waals surface area contributed by atoms with Gasteiger partial charge >= 0.3 is 0 Å². The second kappa shape index (κ2) is 6.20. The van der Waals surface area contributed by atoms with Crippen LogP contribution in [0.4, 0.5) is 0 Å². The van der Waals surface area contributed by atoms with E-state index in [-0.39, 0.29) is 0 Å². The molecule has 0 spiro atoms. The molecule has 0 unspecified atom stereocenters. The number of amidine groups is 1. The number of allylic oxidation sites excluding steroid dienone is 1. The van der Waals surface area contributed by atoms with Crippen molar-refractivity contribution in [2.75, 3.05) is 0 Å². The lowest BCUT2D eigenvalue weighted by atomic mass is 10.2. The molecule has 2 rings (SSSR count). The minimum atomic E-state index is 0.387. The van der Waals surface area contributed by atoms with Gasteiger partial charge in [-0.15, -0.1) is 5.10 Å². The van der Waals surface area contributed by atoms with E-state index in [1.54, 1.807) is 24.6 Å². The van der Waals surface area contributed by atoms with Crippen molar-refractivity contribution in [3.8, 4) is 0 Å². The Kier molecular flexibility index (Phi) is 4.08. The van der Waals surface area contributed by atoms with Crippen LogP contribution >= 0.6 is 0 Å². The van der Waals surface area contributed by atoms with Crippen LogP contribution in [0.2, 0.25) is 0 Å². The molecule has 1 heterocycles. The van der Waals surface area contributed by atoms with Crippen LogP contribution in [0.1, 0.15) is 11.3 Å². The number of nitrogens with zero attached hydrogens (tertiary/aromatic N) is 2. The third-order valence-corrected chi connectivity index (χ3v) is 2.19. The maximum atomic E-state index is 5.77. The largest absolute Gasteiger partial charge is 0.465 e. The molecule has 1 aromatic heterocycles. The van der Waals surface area contributed by atoms with E-state index < -0.39 is 0 Å². The maximum Gasteiger partial charge on any atom is 0.153 e. The van der Waals surface area contributed by atoms with Crippen LogP contribution in [-0.4, -0.2) is 12.1 Å². The molecule has 0 atom stereocenters. The number of benzene rings is 1. The number of hydrogen-bond acceptors (Lipinski definition) is 3. The quantitative estimate of drug-likeness (QED) is 0.506. The average molecular weight is 239 g/mol. The van der Waals surface area contributed by atoms with E-state index in [0.29, 0.717) is 5.84 Å². The van der Waals surface area contributed by atoms with Crippen LogP contribution < -0.4 is 5.73 Å². The van der Waals surface area contributed by atoms with Crippen molar-refractivity contribution in [2.24, 2.45) is 15.9 Å². The first-order valence-electron chi connectivity index (χ1n) is 5.48. The molecule has 90 valence electrons. The molecule has 1 aromatic carbocycles. The minimum absolute atomic E-state index is 0.387. The highest BCUT2D eigenvalue weighted by Crippen LogP contribution is 2.01. The molecule has 0 saturated carbocycles. The first kappa shape index (κ1) is 11.9. The lowest BCUT2D eigenvalue weighted by Crippen LogP contribution is -2.12. The summed E-state index contributed by atoms with van der Waals surface area (Å²) in [6.45, 7) is 0. The van der Waals surface area contributed by atoms with Gasteiger partial charge in [0.1, 0.15) is 5.76 Å². The lowest BCUT2D eigenvalue weighted by molar-refractivity contribution is 0.557. The Labute approximate surface area is 105 Å². The van der Waals surface area contributed by atoms with E-state index in [4.69, 9.17) is 10.2 Å². The predicted octanol–water partition coefficient (Wildman–Crippen LogP) is 2.68. The van der Waals surface area contributed by atoms with E-state index >= 15 is 0 Å². The summed E-state index contributed by atoms with van der Waals surface area (Å²) in [6, 6.07) is 13.2. The summed E-state index contributed by atoms with van der Waals surface area (Å²) in [7, 11) is 0. The smallest absolute Gasteiger partial charge is 0.153 e. The normalized spacial score (nSPS) is 12.6. The highest BCUT2D eigenvalue weighted by molar-refractivity contribution is 5.97. The Hall–Kier alpha value is -2.62. The Morgan fingerprint density at radius 1 is 1.11 bits per heavy atom. The van der Waals surface area contributed by atoms with Crippen molar-refractivity contribution in [1.82, 2.24) is 0 Å². The molecule has 0 aliphatic heterocycles. The van der Waals surface area contributed by atoms with E-state index in [1.165, 1.54) is 0 Å². The van der Waals surface area contributed by atoms with E-state index in [2.05, 4.69) is 10.2 Å². The van der Waals surface area contributed by atoms with Gasteiger partial charge in [-0.05, 0) is 24.3 Å². The maximum absolute atomic E-state index is 5.77. The second-order valence-corrected chi connectivity index (χ2v) is 3.49. The summed E-state index contributed by atoms with van der Waals surface area (Å²) in [4.78, 5) is 0. The molecule has 0 aliphatic rings. The minimum Gasteiger partial charge on any atom is -0.465 e. The Morgan fingerprint density at radius 3 is 2.67 bits per heavy atom. The molecular weight excluding hydrogens is 226 g/mol. The first-order chi connectivity index (χ1) is 8.86. The number of rotatable bonds is 4. The Bertz CT molecular complexity index is 554.